The number of rotatable bonds is 8. The van der Waals surface area contributed by atoms with Crippen molar-refractivity contribution in [2.75, 3.05) is 56.7 Å². The van der Waals surface area contributed by atoms with E-state index in [1.807, 2.05) is 28.6 Å². The Hall–Kier alpha value is -3.04. The summed E-state index contributed by atoms with van der Waals surface area (Å²) in [5.41, 5.74) is 3.85. The average molecular weight is 576 g/mol. The number of aryl methyl sites for hydroxylation is 2. The molecule has 1 aromatic carbocycles. The Balaban J connectivity index is 1.27. The molecule has 0 N–H and O–H groups in total. The summed E-state index contributed by atoms with van der Waals surface area (Å²) in [6.07, 6.45) is 5.84. The Morgan fingerprint density at radius 2 is 1.82 bits per heavy atom. The minimum absolute atomic E-state index is 0.527. The molecule has 2 aliphatic heterocycles. The molecule has 6 rings (SSSR count). The van der Waals surface area contributed by atoms with Gasteiger partial charge in [0.05, 0.1) is 12.4 Å². The van der Waals surface area contributed by atoms with E-state index in [-0.39, 0.29) is 0 Å². The van der Waals surface area contributed by atoms with Crippen molar-refractivity contribution in [2.24, 2.45) is 0 Å². The van der Waals surface area contributed by atoms with E-state index in [4.69, 9.17) is 15.1 Å². The van der Waals surface area contributed by atoms with E-state index >= 15 is 0 Å². The lowest BCUT2D eigenvalue weighted by Crippen LogP contribution is -2.49. The molecular weight excluding hydrogens is 539 g/mol. The van der Waals surface area contributed by atoms with Gasteiger partial charge in [-0.05, 0) is 59.2 Å². The van der Waals surface area contributed by atoms with Gasteiger partial charge in [0.2, 0.25) is 10.1 Å². The third-order valence-electron chi connectivity index (χ3n) is 8.13. The Morgan fingerprint density at radius 1 is 1.05 bits per heavy atom. The fourth-order valence-corrected chi connectivity index (χ4v) is 7.64. The van der Waals surface area contributed by atoms with Gasteiger partial charge in [-0.3, -0.25) is 9.80 Å². The standard InChI is InChI=1S/C29H37N9S2/c1-5-23-26(35(4)27-32-25(24(17-30)39-27)21-12-10-20(2)11-13-21)38-28(31-23)40-29(33-38)37-16-8-9-22(18-37)34(3)19-36-14-6-7-15-36/h10-13,22H,5-9,14-16,18-19H2,1-4H3. The number of likely N-dealkylation sites (N-methyl/N-ethyl adjacent to an activating group) is 1. The van der Waals surface area contributed by atoms with Crippen LogP contribution >= 0.6 is 22.7 Å². The monoisotopic (exact) mass is 575 g/mol. The van der Waals surface area contributed by atoms with E-state index in [0.29, 0.717) is 10.9 Å². The quantitative estimate of drug-likeness (QED) is 0.277. The lowest BCUT2D eigenvalue weighted by molar-refractivity contribution is 0.126. The zero-order chi connectivity index (χ0) is 27.8. The second-order valence-electron chi connectivity index (χ2n) is 11.0. The summed E-state index contributed by atoms with van der Waals surface area (Å²) < 4.78 is 1.98. The molecule has 1 atom stereocenters. The van der Waals surface area contributed by atoms with Crippen molar-refractivity contribution < 1.29 is 0 Å². The molecule has 0 amide bonds. The highest BCUT2D eigenvalue weighted by atomic mass is 32.1. The Labute approximate surface area is 244 Å². The van der Waals surface area contributed by atoms with Crippen molar-refractivity contribution >= 4 is 43.7 Å². The molecule has 4 aromatic rings. The fourth-order valence-electron chi connectivity index (χ4n) is 5.84. The van der Waals surface area contributed by atoms with E-state index in [9.17, 15) is 5.26 Å². The first kappa shape index (κ1) is 27.1. The summed E-state index contributed by atoms with van der Waals surface area (Å²) >= 11 is 3.08. The molecule has 0 saturated carbocycles. The summed E-state index contributed by atoms with van der Waals surface area (Å²) in [7, 11) is 4.28. The minimum Gasteiger partial charge on any atom is -0.345 e. The number of likely N-dealkylation sites (tertiary alicyclic amines) is 1. The van der Waals surface area contributed by atoms with E-state index in [2.05, 4.69) is 53.8 Å². The molecule has 2 saturated heterocycles. The minimum atomic E-state index is 0.527. The molecule has 0 radical (unpaired) electrons. The number of nitrogens with zero attached hydrogens (tertiary/aromatic N) is 9. The van der Waals surface area contributed by atoms with Crippen molar-refractivity contribution in [3.8, 4) is 17.3 Å². The molecule has 40 heavy (non-hydrogen) atoms. The second kappa shape index (κ2) is 11.4. The zero-order valence-electron chi connectivity index (χ0n) is 23.8. The third kappa shape index (κ3) is 5.21. The maximum Gasteiger partial charge on any atom is 0.216 e. The number of thiazole rings is 1. The predicted molar refractivity (Wildman–Crippen MR) is 164 cm³/mol. The van der Waals surface area contributed by atoms with Crippen LogP contribution in [-0.2, 0) is 6.42 Å². The third-order valence-corrected chi connectivity index (χ3v) is 10.1. The van der Waals surface area contributed by atoms with Crippen LogP contribution in [0.3, 0.4) is 0 Å². The van der Waals surface area contributed by atoms with Gasteiger partial charge in [0.25, 0.3) is 0 Å². The average Bonchev–Trinajstić information content (AvgIpc) is 3.77. The van der Waals surface area contributed by atoms with Gasteiger partial charge in [-0.25, -0.2) is 9.97 Å². The molecule has 1 unspecified atom stereocenters. The highest BCUT2D eigenvalue weighted by Gasteiger charge is 2.29. The summed E-state index contributed by atoms with van der Waals surface area (Å²) in [5.74, 6) is 0.924. The van der Waals surface area contributed by atoms with Crippen LogP contribution in [0.15, 0.2) is 24.3 Å². The van der Waals surface area contributed by atoms with Gasteiger partial charge in [0.15, 0.2) is 10.9 Å². The topological polar surface area (TPSA) is 79.8 Å². The Morgan fingerprint density at radius 3 is 2.55 bits per heavy atom. The first-order chi connectivity index (χ1) is 19.4. The Kier molecular flexibility index (Phi) is 7.77. The molecule has 2 aliphatic rings. The molecule has 5 heterocycles. The zero-order valence-corrected chi connectivity index (χ0v) is 25.4. The van der Waals surface area contributed by atoms with E-state index in [1.165, 1.54) is 55.7 Å². The summed E-state index contributed by atoms with van der Waals surface area (Å²) in [4.78, 5) is 21.0. The number of hydrogen-bond acceptors (Lipinski definition) is 10. The first-order valence-corrected chi connectivity index (χ1v) is 15.9. The molecule has 3 aromatic heterocycles. The van der Waals surface area contributed by atoms with E-state index in [1.54, 1.807) is 11.3 Å². The van der Waals surface area contributed by atoms with Crippen molar-refractivity contribution in [1.82, 2.24) is 29.4 Å². The largest absolute Gasteiger partial charge is 0.345 e. The number of fused-ring (bicyclic) bond motifs is 1. The molecule has 11 heteroatoms. The molecule has 210 valence electrons. The van der Waals surface area contributed by atoms with Crippen LogP contribution in [-0.4, -0.2) is 82.4 Å². The van der Waals surface area contributed by atoms with Crippen molar-refractivity contribution in [3.05, 3.63) is 40.4 Å². The number of aromatic nitrogens is 4. The molecule has 0 spiro atoms. The van der Waals surface area contributed by atoms with Gasteiger partial charge in [-0.15, -0.1) is 5.10 Å². The fraction of sp³-hybridized carbons (Fsp3) is 0.517. The summed E-state index contributed by atoms with van der Waals surface area (Å²) in [5, 5.41) is 16.8. The van der Waals surface area contributed by atoms with Crippen LogP contribution in [0.1, 0.15) is 48.7 Å². The SMILES string of the molecule is CCc1nc2sc(N3CCCC(N(C)CN4CCCC4)C3)nn2c1N(C)c1nc(-c2ccc(C)cc2)c(C#N)s1. The maximum atomic E-state index is 9.88. The van der Waals surface area contributed by atoms with Gasteiger partial charge in [-0.1, -0.05) is 59.4 Å². The molecule has 0 bridgehead atoms. The van der Waals surface area contributed by atoms with Gasteiger partial charge in [0.1, 0.15) is 16.6 Å². The van der Waals surface area contributed by atoms with Crippen LogP contribution in [0.4, 0.5) is 16.1 Å². The molecule has 2 fully saturated rings. The number of nitriles is 1. The highest BCUT2D eigenvalue weighted by Crippen LogP contribution is 2.38. The number of piperidine rings is 1. The Bertz CT molecular complexity index is 1510. The van der Waals surface area contributed by atoms with Crippen molar-refractivity contribution in [3.63, 3.8) is 0 Å². The van der Waals surface area contributed by atoms with Crippen LogP contribution in [0.25, 0.3) is 16.2 Å². The highest BCUT2D eigenvalue weighted by molar-refractivity contribution is 7.20. The van der Waals surface area contributed by atoms with Crippen LogP contribution in [0, 0.1) is 18.3 Å². The van der Waals surface area contributed by atoms with Crippen LogP contribution < -0.4 is 9.80 Å². The van der Waals surface area contributed by atoms with Crippen LogP contribution in [0.5, 0.6) is 0 Å². The lowest BCUT2D eigenvalue weighted by Gasteiger charge is -2.38. The number of hydrogen-bond donors (Lipinski definition) is 0. The predicted octanol–water partition coefficient (Wildman–Crippen LogP) is 5.38. The van der Waals surface area contributed by atoms with Gasteiger partial charge >= 0.3 is 0 Å². The second-order valence-corrected chi connectivity index (χ2v) is 12.9. The number of imidazole rings is 1. The number of benzene rings is 1. The maximum absolute atomic E-state index is 9.88. The first-order valence-electron chi connectivity index (χ1n) is 14.2. The normalized spacial score (nSPS) is 18.2. The van der Waals surface area contributed by atoms with Gasteiger partial charge < -0.3 is 9.80 Å². The molecule has 0 aliphatic carbocycles. The number of anilines is 3. The lowest BCUT2D eigenvalue weighted by atomic mass is 10.1. The van der Waals surface area contributed by atoms with Gasteiger partial charge in [0, 0.05) is 31.7 Å². The van der Waals surface area contributed by atoms with E-state index in [0.717, 1.165) is 64.2 Å². The molecular formula is C29H37N9S2. The van der Waals surface area contributed by atoms with Gasteiger partial charge in [-0.2, -0.15) is 9.78 Å². The van der Waals surface area contributed by atoms with Crippen molar-refractivity contribution in [2.45, 2.75) is 52.0 Å². The van der Waals surface area contributed by atoms with E-state index < -0.39 is 0 Å². The van der Waals surface area contributed by atoms with Crippen molar-refractivity contribution in [1.29, 1.82) is 5.26 Å². The smallest absolute Gasteiger partial charge is 0.216 e. The van der Waals surface area contributed by atoms with Crippen LogP contribution in [0.2, 0.25) is 0 Å². The summed E-state index contributed by atoms with van der Waals surface area (Å²) in [6, 6.07) is 11.1. The summed E-state index contributed by atoms with van der Waals surface area (Å²) in [6.45, 7) is 9.70. The molecule has 9 nitrogen and oxygen atoms in total.